The molecular formula is C31H43FN4O2. The zero-order chi connectivity index (χ0) is 27.6. The molecule has 0 spiro atoms. The van der Waals surface area contributed by atoms with Gasteiger partial charge in [0, 0.05) is 39.4 Å². The van der Waals surface area contributed by atoms with Crippen LogP contribution in [0.15, 0.2) is 30.3 Å². The molecule has 1 aliphatic rings. The van der Waals surface area contributed by atoms with Gasteiger partial charge in [-0.2, -0.15) is 0 Å². The van der Waals surface area contributed by atoms with E-state index in [9.17, 15) is 9.18 Å². The number of hydrogen-bond donors (Lipinski definition) is 1. The van der Waals surface area contributed by atoms with Gasteiger partial charge in [0.15, 0.2) is 0 Å². The molecule has 1 N–H and O–H groups in total. The Labute approximate surface area is 226 Å². The Morgan fingerprint density at radius 1 is 1.16 bits per heavy atom. The number of nitrogens with zero attached hydrogens (tertiary/aromatic N) is 3. The average Bonchev–Trinajstić information content (AvgIpc) is 3.30. The van der Waals surface area contributed by atoms with Crippen molar-refractivity contribution in [3.63, 3.8) is 0 Å². The van der Waals surface area contributed by atoms with Crippen molar-refractivity contribution in [2.75, 3.05) is 34.2 Å². The Morgan fingerprint density at radius 2 is 1.89 bits per heavy atom. The Kier molecular flexibility index (Phi) is 8.46. The number of aromatic amines is 1. The smallest absolute Gasteiger partial charge is 0.409 e. The third-order valence-electron chi connectivity index (χ3n) is 8.12. The molecule has 206 valence electrons. The summed E-state index contributed by atoms with van der Waals surface area (Å²) >= 11 is 0. The minimum Gasteiger partial charge on any atom is -0.442 e. The molecule has 0 radical (unpaired) electrons. The molecule has 0 aliphatic heterocycles. The maximum atomic E-state index is 14.0. The fourth-order valence-electron chi connectivity index (χ4n) is 6.09. The fourth-order valence-corrected chi connectivity index (χ4v) is 6.09. The highest BCUT2D eigenvalue weighted by atomic mass is 19.1. The number of benzene rings is 2. The van der Waals surface area contributed by atoms with Gasteiger partial charge in [-0.05, 0) is 87.0 Å². The molecule has 0 saturated heterocycles. The van der Waals surface area contributed by atoms with E-state index in [1.165, 1.54) is 22.1 Å². The standard InChI is InChI=1S/C31H43FN4O2/c1-20(2)27-25-13-12-24(32)19-23(25)14-15-31(27,38-30(37)35(5)6)16-18-36(7)17-8-9-26-33-28-21(3)10-11-22(4)29(28)34-26/h10-13,19-20,27H,8-9,14-18H2,1-7H3,(H,33,34)/t27?,31-/m0/s1. The number of ether oxygens (including phenoxy) is 1. The van der Waals surface area contributed by atoms with Crippen molar-refractivity contribution in [1.82, 2.24) is 19.8 Å². The number of H-pyrrole nitrogens is 1. The normalized spacial score (nSPS) is 19.3. The van der Waals surface area contributed by atoms with Gasteiger partial charge in [-0.25, -0.2) is 14.2 Å². The molecule has 2 atom stereocenters. The number of hydrogen-bond acceptors (Lipinski definition) is 4. The van der Waals surface area contributed by atoms with Gasteiger partial charge in [0.1, 0.15) is 17.2 Å². The summed E-state index contributed by atoms with van der Waals surface area (Å²) < 4.78 is 20.4. The minimum atomic E-state index is -0.637. The van der Waals surface area contributed by atoms with Crippen LogP contribution in [0.3, 0.4) is 0 Å². The van der Waals surface area contributed by atoms with E-state index in [-0.39, 0.29) is 23.7 Å². The Morgan fingerprint density at radius 3 is 2.58 bits per heavy atom. The highest BCUT2D eigenvalue weighted by Gasteiger charge is 2.48. The molecule has 0 saturated carbocycles. The molecule has 1 aromatic heterocycles. The van der Waals surface area contributed by atoms with E-state index in [0.717, 1.165) is 60.3 Å². The van der Waals surface area contributed by atoms with Gasteiger partial charge in [0.05, 0.1) is 11.0 Å². The molecule has 0 bridgehead atoms. The summed E-state index contributed by atoms with van der Waals surface area (Å²) in [5.74, 6) is 1.06. The second-order valence-corrected chi connectivity index (χ2v) is 11.7. The van der Waals surface area contributed by atoms with Gasteiger partial charge in [0.25, 0.3) is 0 Å². The molecule has 2 aromatic carbocycles. The highest BCUT2D eigenvalue weighted by Crippen LogP contribution is 2.48. The van der Waals surface area contributed by atoms with E-state index in [1.807, 2.05) is 6.07 Å². The summed E-state index contributed by atoms with van der Waals surface area (Å²) in [6.45, 7) is 10.3. The molecular weight excluding hydrogens is 479 g/mol. The summed E-state index contributed by atoms with van der Waals surface area (Å²) in [7, 11) is 5.57. The predicted octanol–water partition coefficient (Wildman–Crippen LogP) is 6.40. The third kappa shape index (κ3) is 5.88. The third-order valence-corrected chi connectivity index (χ3v) is 8.12. The number of carbonyl (C=O) groups is 1. The van der Waals surface area contributed by atoms with Crippen molar-refractivity contribution in [1.29, 1.82) is 0 Å². The first-order valence-electron chi connectivity index (χ1n) is 13.8. The number of halogens is 1. The minimum absolute atomic E-state index is 0.00572. The van der Waals surface area contributed by atoms with Crippen LogP contribution in [0.5, 0.6) is 0 Å². The molecule has 4 rings (SSSR count). The van der Waals surface area contributed by atoms with Crippen molar-refractivity contribution < 1.29 is 13.9 Å². The van der Waals surface area contributed by atoms with Gasteiger partial charge in [-0.15, -0.1) is 0 Å². The number of rotatable bonds is 9. The summed E-state index contributed by atoms with van der Waals surface area (Å²) in [6.07, 6.45) is 3.66. The monoisotopic (exact) mass is 522 g/mol. The first-order chi connectivity index (χ1) is 18.0. The SMILES string of the molecule is Cc1ccc(C)c2[nH]c(CCCN(C)CC[C@@]3(OC(=O)N(C)C)CCc4cc(F)ccc4C3C(C)C)nc12. The lowest BCUT2D eigenvalue weighted by Crippen LogP contribution is -2.50. The Balaban J connectivity index is 1.46. The van der Waals surface area contributed by atoms with Gasteiger partial charge in [0.2, 0.25) is 0 Å². The largest absolute Gasteiger partial charge is 0.442 e. The van der Waals surface area contributed by atoms with Crippen LogP contribution >= 0.6 is 0 Å². The topological polar surface area (TPSA) is 61.5 Å². The van der Waals surface area contributed by atoms with Crippen molar-refractivity contribution in [2.45, 2.75) is 71.3 Å². The van der Waals surface area contributed by atoms with Crippen LogP contribution in [0.4, 0.5) is 9.18 Å². The van der Waals surface area contributed by atoms with Crippen molar-refractivity contribution in [2.24, 2.45) is 5.92 Å². The van der Waals surface area contributed by atoms with Crippen molar-refractivity contribution in [3.05, 3.63) is 64.2 Å². The molecule has 1 amide bonds. The molecule has 38 heavy (non-hydrogen) atoms. The van der Waals surface area contributed by atoms with Crippen LogP contribution in [0.1, 0.15) is 67.1 Å². The Bertz CT molecular complexity index is 1250. The molecule has 1 heterocycles. The number of amides is 1. The van der Waals surface area contributed by atoms with Crippen LogP contribution in [-0.4, -0.2) is 65.7 Å². The Hall–Kier alpha value is -2.93. The maximum Gasteiger partial charge on any atom is 0.409 e. The number of aryl methyl sites for hydroxylation is 4. The van der Waals surface area contributed by atoms with Crippen LogP contribution in [-0.2, 0) is 17.6 Å². The second kappa shape index (κ2) is 11.4. The summed E-state index contributed by atoms with van der Waals surface area (Å²) in [5.41, 5.74) is 6.12. The lowest BCUT2D eigenvalue weighted by Gasteiger charge is -2.47. The van der Waals surface area contributed by atoms with Gasteiger partial charge in [-0.1, -0.05) is 32.0 Å². The summed E-state index contributed by atoms with van der Waals surface area (Å²) in [5, 5.41) is 0. The predicted molar refractivity (Wildman–Crippen MR) is 151 cm³/mol. The molecule has 3 aromatic rings. The maximum absolute atomic E-state index is 14.0. The molecule has 1 aliphatic carbocycles. The van der Waals surface area contributed by atoms with Crippen LogP contribution in [0.25, 0.3) is 11.0 Å². The number of imidazole rings is 1. The number of fused-ring (bicyclic) bond motifs is 2. The van der Waals surface area contributed by atoms with E-state index in [4.69, 9.17) is 9.72 Å². The quantitative estimate of drug-likeness (QED) is 0.353. The zero-order valence-electron chi connectivity index (χ0n) is 24.0. The van der Waals surface area contributed by atoms with Gasteiger partial charge < -0.3 is 19.5 Å². The van der Waals surface area contributed by atoms with E-state index in [0.29, 0.717) is 12.8 Å². The van der Waals surface area contributed by atoms with Crippen LogP contribution < -0.4 is 0 Å². The molecule has 1 unspecified atom stereocenters. The lowest BCUT2D eigenvalue weighted by atomic mass is 9.65. The van der Waals surface area contributed by atoms with Crippen molar-refractivity contribution in [3.8, 4) is 0 Å². The van der Waals surface area contributed by atoms with Gasteiger partial charge in [-0.3, -0.25) is 0 Å². The molecule has 6 nitrogen and oxygen atoms in total. The molecule has 7 heteroatoms. The first kappa shape index (κ1) is 28.1. The second-order valence-electron chi connectivity index (χ2n) is 11.7. The summed E-state index contributed by atoms with van der Waals surface area (Å²) in [6, 6.07) is 9.34. The van der Waals surface area contributed by atoms with E-state index in [1.54, 1.807) is 20.2 Å². The van der Waals surface area contributed by atoms with Crippen LogP contribution in [0, 0.1) is 25.6 Å². The lowest BCUT2D eigenvalue weighted by molar-refractivity contribution is -0.0539. The van der Waals surface area contributed by atoms with Crippen molar-refractivity contribution >= 4 is 17.1 Å². The number of aromatic nitrogens is 2. The number of nitrogens with one attached hydrogen (secondary N) is 1. The number of carbonyl (C=O) groups excluding carboxylic acids is 1. The average molecular weight is 523 g/mol. The summed E-state index contributed by atoms with van der Waals surface area (Å²) in [4.78, 5) is 25.0. The van der Waals surface area contributed by atoms with E-state index in [2.05, 4.69) is 56.8 Å². The van der Waals surface area contributed by atoms with Gasteiger partial charge >= 0.3 is 6.09 Å². The fraction of sp³-hybridized carbons (Fsp3) is 0.548. The zero-order valence-corrected chi connectivity index (χ0v) is 24.0. The van der Waals surface area contributed by atoms with E-state index < -0.39 is 5.60 Å². The van der Waals surface area contributed by atoms with E-state index >= 15 is 0 Å². The highest BCUT2D eigenvalue weighted by molar-refractivity contribution is 5.81. The molecule has 0 fully saturated rings. The van der Waals surface area contributed by atoms with Crippen LogP contribution in [0.2, 0.25) is 0 Å². The first-order valence-corrected chi connectivity index (χ1v) is 13.8.